The molecule has 68 heavy (non-hydrogen) atoms. The minimum Gasteiger partial charge on any atom is -0.208 e. The second-order valence-corrected chi connectivity index (χ2v) is 17.5. The molecule has 0 amide bonds. The molecule has 5 heteroatoms. The lowest BCUT2D eigenvalue weighted by molar-refractivity contribution is 1.08. The normalized spacial score (nSPS) is 17.2. The van der Waals surface area contributed by atoms with Gasteiger partial charge in [-0.15, -0.1) is 22.7 Å². The van der Waals surface area contributed by atoms with Crippen LogP contribution >= 0.6 is 22.7 Å². The first-order chi connectivity index (χ1) is 44.5. The van der Waals surface area contributed by atoms with Gasteiger partial charge in [-0.3, -0.25) is 0 Å². The van der Waals surface area contributed by atoms with E-state index in [0.717, 1.165) is 31.3 Å². The number of hydrogen-bond donors (Lipinski definition) is 0. The Morgan fingerprint density at radius 3 is 1.57 bits per heavy atom. The standard InChI is InChI=1S/C63H37N3S2/c1-2-14-38(15-3-1)43-16-4-5-17-45(43)51-24-13-27-57-60(51)53-35-33-42(37-58(53)68-57)63-65-61(40-30-28-39(29-31-40)44-23-12-26-56-59(44)52-22-10-11-25-55(52)67-56)64-62(66-63)41-32-34-50-48-20-7-6-18-46(48)47-19-8-9-21-49(47)54(50)36-41/h1-37H/i1D,2D,3D,4D,5D,6D,7D,8D,9D,13D,14D,15D,16D,17D,18D,19D,20D,21D,24D,27D,32D,33D,34D,35D,36D,37D. The van der Waals surface area contributed by atoms with Crippen LogP contribution in [0.5, 0.6) is 0 Å². The van der Waals surface area contributed by atoms with E-state index in [-0.39, 0.29) is 31.6 Å². The van der Waals surface area contributed by atoms with Crippen molar-refractivity contribution >= 4 is 95.3 Å². The van der Waals surface area contributed by atoms with E-state index in [1.807, 2.05) is 42.5 Å². The highest BCUT2D eigenvalue weighted by molar-refractivity contribution is 7.26. The summed E-state index contributed by atoms with van der Waals surface area (Å²) in [5.74, 6) is -1.37. The molecule has 3 nitrogen and oxygen atoms in total. The molecule has 0 aliphatic carbocycles. The van der Waals surface area contributed by atoms with Crippen molar-refractivity contribution in [1.29, 1.82) is 0 Å². The van der Waals surface area contributed by atoms with Gasteiger partial charge in [0.05, 0.1) is 35.6 Å². The zero-order chi connectivity index (χ0) is 67.3. The van der Waals surface area contributed by atoms with Crippen LogP contribution in [-0.4, -0.2) is 15.0 Å². The molecule has 0 bridgehead atoms. The van der Waals surface area contributed by atoms with Crippen molar-refractivity contribution in [3.63, 3.8) is 0 Å². The maximum atomic E-state index is 10.1. The van der Waals surface area contributed by atoms with Gasteiger partial charge in [0.15, 0.2) is 17.5 Å². The number of thiophene rings is 2. The molecule has 0 aliphatic rings. The van der Waals surface area contributed by atoms with Gasteiger partial charge in [-0.25, -0.2) is 15.0 Å². The van der Waals surface area contributed by atoms with Crippen LogP contribution in [-0.2, 0) is 0 Å². The minimum absolute atomic E-state index is 0.225. The Hall–Kier alpha value is -8.35. The number of fused-ring (bicyclic) bond motifs is 12. The van der Waals surface area contributed by atoms with E-state index in [9.17, 15) is 15.1 Å². The predicted molar refractivity (Wildman–Crippen MR) is 291 cm³/mol. The molecule has 3 heterocycles. The van der Waals surface area contributed by atoms with Crippen molar-refractivity contribution in [3.8, 4) is 67.5 Å². The minimum atomic E-state index is -0.905. The number of hydrogen-bond acceptors (Lipinski definition) is 5. The Morgan fingerprint density at radius 2 is 0.824 bits per heavy atom. The van der Waals surface area contributed by atoms with Crippen LogP contribution in [0.1, 0.15) is 35.6 Å². The lowest BCUT2D eigenvalue weighted by Crippen LogP contribution is -2.00. The van der Waals surface area contributed by atoms with E-state index in [0.29, 0.717) is 11.3 Å². The van der Waals surface area contributed by atoms with Crippen molar-refractivity contribution in [2.75, 3.05) is 0 Å². The average Bonchev–Trinajstić information content (AvgIpc) is 0.888. The second kappa shape index (κ2) is 15.6. The molecule has 0 spiro atoms. The summed E-state index contributed by atoms with van der Waals surface area (Å²) in [4.78, 5) is 14.3. The molecule has 0 unspecified atom stereocenters. The Bertz CT molecular complexity index is 5820. The molecule has 316 valence electrons. The molecular weight excluding hydrogens is 863 g/mol. The summed E-state index contributed by atoms with van der Waals surface area (Å²) < 4.78 is 239. The Kier molecular flexibility index (Phi) is 4.85. The average molecular weight is 926 g/mol. The van der Waals surface area contributed by atoms with Gasteiger partial charge >= 0.3 is 0 Å². The monoisotopic (exact) mass is 925 g/mol. The summed E-state index contributed by atoms with van der Waals surface area (Å²) in [7, 11) is 0. The van der Waals surface area contributed by atoms with Crippen molar-refractivity contribution < 1.29 is 35.6 Å². The summed E-state index contributed by atoms with van der Waals surface area (Å²) in [6.07, 6.45) is 0. The Morgan fingerprint density at radius 1 is 0.279 bits per heavy atom. The van der Waals surface area contributed by atoms with E-state index in [4.69, 9.17) is 35.5 Å². The maximum Gasteiger partial charge on any atom is 0.164 e. The van der Waals surface area contributed by atoms with Crippen LogP contribution in [0.3, 0.4) is 0 Å². The largest absolute Gasteiger partial charge is 0.208 e. The van der Waals surface area contributed by atoms with E-state index in [1.54, 1.807) is 35.6 Å². The van der Waals surface area contributed by atoms with Gasteiger partial charge in [0.1, 0.15) is 0 Å². The van der Waals surface area contributed by atoms with Crippen LogP contribution in [0.4, 0.5) is 0 Å². The van der Waals surface area contributed by atoms with Crippen molar-refractivity contribution in [1.82, 2.24) is 15.0 Å². The molecule has 0 aliphatic heterocycles. The third-order valence-corrected chi connectivity index (χ3v) is 13.8. The van der Waals surface area contributed by atoms with Crippen LogP contribution in [0.25, 0.3) is 140 Å². The number of aromatic nitrogens is 3. The first kappa shape index (κ1) is 21.1. The summed E-state index contributed by atoms with van der Waals surface area (Å²) in [6, 6.07) is -0.0552. The van der Waals surface area contributed by atoms with Crippen LogP contribution < -0.4 is 0 Å². The smallest absolute Gasteiger partial charge is 0.164 e. The van der Waals surface area contributed by atoms with Gasteiger partial charge in [-0.05, 0) is 96.0 Å². The molecule has 14 aromatic rings. The number of nitrogens with zero attached hydrogens (tertiary/aromatic N) is 3. The molecule has 14 rings (SSSR count). The fourth-order valence-electron chi connectivity index (χ4n) is 8.62. The van der Waals surface area contributed by atoms with Crippen molar-refractivity contribution in [2.24, 2.45) is 0 Å². The van der Waals surface area contributed by atoms with Crippen LogP contribution in [0.2, 0.25) is 0 Å². The summed E-state index contributed by atoms with van der Waals surface area (Å²) in [5, 5.41) is -1.17. The molecule has 11 aromatic carbocycles. The molecule has 0 saturated carbocycles. The predicted octanol–water partition coefficient (Wildman–Crippen LogP) is 18.1. The zero-order valence-corrected chi connectivity index (χ0v) is 36.1. The van der Waals surface area contributed by atoms with Gasteiger partial charge in [0.25, 0.3) is 0 Å². The van der Waals surface area contributed by atoms with E-state index in [2.05, 4.69) is 0 Å². The summed E-state index contributed by atoms with van der Waals surface area (Å²) in [5.41, 5.74) is -1.79. The highest BCUT2D eigenvalue weighted by Gasteiger charge is 2.19. The number of benzene rings is 11. The van der Waals surface area contributed by atoms with Gasteiger partial charge in [-0.1, -0.05) is 194 Å². The molecule has 0 radical (unpaired) electrons. The van der Waals surface area contributed by atoms with E-state index >= 15 is 0 Å². The molecule has 0 N–H and O–H groups in total. The van der Waals surface area contributed by atoms with E-state index in [1.165, 1.54) is 0 Å². The summed E-state index contributed by atoms with van der Waals surface area (Å²) in [6.45, 7) is 0. The Labute approximate surface area is 436 Å². The fourth-order valence-corrected chi connectivity index (χ4v) is 10.8. The molecular formula is C63H37N3S2. The number of rotatable bonds is 6. The van der Waals surface area contributed by atoms with Gasteiger partial charge < -0.3 is 0 Å². The highest BCUT2D eigenvalue weighted by Crippen LogP contribution is 2.45. The molecule has 0 fully saturated rings. The molecule has 0 saturated heterocycles. The third-order valence-electron chi connectivity index (χ3n) is 11.6. The summed E-state index contributed by atoms with van der Waals surface area (Å²) >= 11 is 2.25. The van der Waals surface area contributed by atoms with Gasteiger partial charge in [-0.2, -0.15) is 0 Å². The highest BCUT2D eigenvalue weighted by atomic mass is 32.1. The van der Waals surface area contributed by atoms with Crippen LogP contribution in [0, 0.1) is 0 Å². The second-order valence-electron chi connectivity index (χ2n) is 15.4. The Balaban J connectivity index is 1.08. The van der Waals surface area contributed by atoms with Gasteiger partial charge in [0.2, 0.25) is 0 Å². The lowest BCUT2D eigenvalue weighted by Gasteiger charge is -2.13. The van der Waals surface area contributed by atoms with Crippen molar-refractivity contribution in [3.05, 3.63) is 224 Å². The third kappa shape index (κ3) is 6.28. The fraction of sp³-hybridized carbons (Fsp3) is 0. The lowest BCUT2D eigenvalue weighted by atomic mass is 9.92. The quantitative estimate of drug-likeness (QED) is 0.156. The topological polar surface area (TPSA) is 38.7 Å². The molecule has 3 aromatic heterocycles. The van der Waals surface area contributed by atoms with Crippen molar-refractivity contribution in [2.45, 2.75) is 0 Å². The van der Waals surface area contributed by atoms with Crippen LogP contribution in [0.15, 0.2) is 224 Å². The molecule has 0 atom stereocenters. The first-order valence-corrected chi connectivity index (χ1v) is 22.4. The maximum absolute atomic E-state index is 10.1. The van der Waals surface area contributed by atoms with Gasteiger partial charge in [0, 0.05) is 57.0 Å². The first-order valence-electron chi connectivity index (χ1n) is 33.8. The zero-order valence-electron chi connectivity index (χ0n) is 60.5. The SMILES string of the molecule is [2H]c1c([2H])c([2H])c(-c2c([2H])c([2H])c([2H])c([2H])c2-c2c([2H])c([2H])c([2H])c3sc4c([2H])c(-c5nc(-c6ccc(-c7cccc8sc9ccccc9c78)cc6)nc(-c6c([2H])c([2H])c7c8c([2H])c([2H])c([2H])c([2H])c8c8c([2H])c([2H])c([2H])c([2H])c8c7c6[2H])n5)c([2H])c([2H])c4c23)c([2H])c1[2H]. The van der Waals surface area contributed by atoms with E-state index < -0.39 is 234 Å².